The Labute approximate surface area is 136 Å². The van der Waals surface area contributed by atoms with Gasteiger partial charge in [-0.25, -0.2) is 4.79 Å². The normalized spacial score (nSPS) is 17.0. The fraction of sp³-hybridized carbons (Fsp3) is 0.389. The Morgan fingerprint density at radius 2 is 1.87 bits per heavy atom. The van der Waals surface area contributed by atoms with E-state index in [1.54, 1.807) is 6.26 Å². The molecular weight excluding hydrogens is 290 g/mol. The van der Waals surface area contributed by atoms with Crippen LogP contribution >= 0.6 is 0 Å². The first-order valence-corrected chi connectivity index (χ1v) is 8.07. The average Bonchev–Trinajstić information content (AvgIpc) is 3.09. The lowest BCUT2D eigenvalue weighted by atomic mass is 10.1. The molecule has 3 rings (SSSR count). The van der Waals surface area contributed by atoms with Crippen molar-refractivity contribution in [1.29, 1.82) is 0 Å². The molecule has 1 aromatic carbocycles. The van der Waals surface area contributed by atoms with E-state index in [1.165, 1.54) is 0 Å². The summed E-state index contributed by atoms with van der Waals surface area (Å²) in [6.45, 7) is 6.05. The number of carbonyl (C=O) groups is 1. The van der Waals surface area contributed by atoms with E-state index < -0.39 is 0 Å². The largest absolute Gasteiger partial charge is 0.468 e. The van der Waals surface area contributed by atoms with Crippen molar-refractivity contribution in [3.8, 4) is 0 Å². The van der Waals surface area contributed by atoms with Crippen LogP contribution in [0, 0.1) is 0 Å². The highest BCUT2D eigenvalue weighted by Crippen LogP contribution is 2.13. The molecule has 1 aliphatic rings. The minimum atomic E-state index is 0.0130. The Kier molecular flexibility index (Phi) is 4.98. The van der Waals surface area contributed by atoms with Crippen LogP contribution in [0.25, 0.3) is 0 Å². The first kappa shape index (κ1) is 15.6. The van der Waals surface area contributed by atoms with Crippen LogP contribution in [0.1, 0.15) is 24.3 Å². The molecule has 0 bridgehead atoms. The standard InChI is InChI=1S/C18H23N3O2/c1-15(16-6-3-2-4-7-16)19-18(22)21-11-9-20(10-12-21)14-17-8-5-13-23-17/h2-8,13,15H,9-12,14H2,1H3,(H,19,22). The molecular formula is C18H23N3O2. The summed E-state index contributed by atoms with van der Waals surface area (Å²) in [7, 11) is 0. The molecule has 1 fully saturated rings. The van der Waals surface area contributed by atoms with Gasteiger partial charge in [0.25, 0.3) is 0 Å². The smallest absolute Gasteiger partial charge is 0.317 e. The summed E-state index contributed by atoms with van der Waals surface area (Å²) < 4.78 is 5.38. The van der Waals surface area contributed by atoms with Crippen LogP contribution in [0.2, 0.25) is 0 Å². The maximum atomic E-state index is 12.4. The van der Waals surface area contributed by atoms with E-state index in [-0.39, 0.29) is 12.1 Å². The number of hydrogen-bond donors (Lipinski definition) is 1. The summed E-state index contributed by atoms with van der Waals surface area (Å²) in [6, 6.07) is 14.0. The van der Waals surface area contributed by atoms with Gasteiger partial charge in [0.1, 0.15) is 5.76 Å². The van der Waals surface area contributed by atoms with Crippen LogP contribution in [0.4, 0.5) is 4.79 Å². The highest BCUT2D eigenvalue weighted by molar-refractivity contribution is 5.74. The molecule has 2 aromatic rings. The molecule has 1 aromatic heterocycles. The summed E-state index contributed by atoms with van der Waals surface area (Å²) in [6.07, 6.45) is 1.70. The van der Waals surface area contributed by atoms with Crippen molar-refractivity contribution in [2.45, 2.75) is 19.5 Å². The van der Waals surface area contributed by atoms with Crippen LogP contribution in [0.5, 0.6) is 0 Å². The maximum absolute atomic E-state index is 12.4. The molecule has 0 saturated carbocycles. The van der Waals surface area contributed by atoms with E-state index in [9.17, 15) is 4.79 Å². The van der Waals surface area contributed by atoms with E-state index in [1.807, 2.05) is 54.3 Å². The summed E-state index contributed by atoms with van der Waals surface area (Å²) in [4.78, 5) is 16.6. The lowest BCUT2D eigenvalue weighted by Gasteiger charge is -2.34. The highest BCUT2D eigenvalue weighted by Gasteiger charge is 2.22. The number of benzene rings is 1. The minimum absolute atomic E-state index is 0.0130. The Morgan fingerprint density at radius 3 is 2.52 bits per heavy atom. The zero-order chi connectivity index (χ0) is 16.1. The number of carbonyl (C=O) groups excluding carboxylic acids is 1. The topological polar surface area (TPSA) is 48.7 Å². The lowest BCUT2D eigenvalue weighted by Crippen LogP contribution is -2.51. The summed E-state index contributed by atoms with van der Waals surface area (Å²) in [5.41, 5.74) is 1.12. The third kappa shape index (κ3) is 4.13. The van der Waals surface area contributed by atoms with Crippen molar-refractivity contribution in [1.82, 2.24) is 15.1 Å². The Morgan fingerprint density at radius 1 is 1.13 bits per heavy atom. The number of urea groups is 1. The molecule has 1 unspecified atom stereocenters. The minimum Gasteiger partial charge on any atom is -0.468 e. The van der Waals surface area contributed by atoms with Crippen molar-refractivity contribution in [3.63, 3.8) is 0 Å². The van der Waals surface area contributed by atoms with Crippen LogP contribution in [0.15, 0.2) is 53.1 Å². The number of hydrogen-bond acceptors (Lipinski definition) is 3. The third-order valence-electron chi connectivity index (χ3n) is 4.26. The predicted octanol–water partition coefficient (Wildman–Crippen LogP) is 2.87. The van der Waals surface area contributed by atoms with E-state index >= 15 is 0 Å². The second-order valence-corrected chi connectivity index (χ2v) is 5.92. The van der Waals surface area contributed by atoms with Gasteiger partial charge in [0.15, 0.2) is 0 Å². The van der Waals surface area contributed by atoms with Gasteiger partial charge in [-0.05, 0) is 24.6 Å². The zero-order valence-electron chi connectivity index (χ0n) is 13.4. The monoisotopic (exact) mass is 313 g/mol. The van der Waals surface area contributed by atoms with Crippen LogP contribution in [0.3, 0.4) is 0 Å². The molecule has 0 radical (unpaired) electrons. The Hall–Kier alpha value is -2.27. The van der Waals surface area contributed by atoms with Crippen LogP contribution in [-0.4, -0.2) is 42.0 Å². The van der Waals surface area contributed by atoms with Crippen molar-refractivity contribution in [3.05, 3.63) is 60.1 Å². The van der Waals surface area contributed by atoms with Crippen molar-refractivity contribution in [2.24, 2.45) is 0 Å². The summed E-state index contributed by atoms with van der Waals surface area (Å²) >= 11 is 0. The SMILES string of the molecule is CC(NC(=O)N1CCN(Cc2ccco2)CC1)c1ccccc1. The highest BCUT2D eigenvalue weighted by atomic mass is 16.3. The van der Waals surface area contributed by atoms with E-state index in [4.69, 9.17) is 4.42 Å². The molecule has 1 N–H and O–H groups in total. The van der Waals surface area contributed by atoms with E-state index in [2.05, 4.69) is 10.2 Å². The number of piperazine rings is 1. The Bertz CT molecular complexity index is 604. The predicted molar refractivity (Wildman–Crippen MR) is 88.9 cm³/mol. The summed E-state index contributed by atoms with van der Waals surface area (Å²) in [5, 5.41) is 3.08. The number of nitrogens with zero attached hydrogens (tertiary/aromatic N) is 2. The number of nitrogens with one attached hydrogen (secondary N) is 1. The first-order chi connectivity index (χ1) is 11.2. The molecule has 0 spiro atoms. The number of rotatable bonds is 4. The molecule has 1 saturated heterocycles. The fourth-order valence-electron chi connectivity index (χ4n) is 2.83. The van der Waals surface area contributed by atoms with Crippen molar-refractivity contribution in [2.75, 3.05) is 26.2 Å². The lowest BCUT2D eigenvalue weighted by molar-refractivity contribution is 0.128. The molecule has 23 heavy (non-hydrogen) atoms. The van der Waals surface area contributed by atoms with Gasteiger partial charge in [-0.2, -0.15) is 0 Å². The number of furan rings is 1. The van der Waals surface area contributed by atoms with Gasteiger partial charge in [-0.15, -0.1) is 0 Å². The van der Waals surface area contributed by atoms with Gasteiger partial charge in [0.05, 0.1) is 18.8 Å². The molecule has 2 amide bonds. The average molecular weight is 313 g/mol. The number of amides is 2. The zero-order valence-corrected chi connectivity index (χ0v) is 13.4. The van der Waals surface area contributed by atoms with E-state index in [0.29, 0.717) is 0 Å². The molecule has 122 valence electrons. The van der Waals surface area contributed by atoms with Gasteiger partial charge >= 0.3 is 6.03 Å². The second kappa shape index (κ2) is 7.33. The molecule has 5 nitrogen and oxygen atoms in total. The third-order valence-corrected chi connectivity index (χ3v) is 4.26. The van der Waals surface area contributed by atoms with Crippen molar-refractivity contribution >= 4 is 6.03 Å². The molecule has 5 heteroatoms. The summed E-state index contributed by atoms with van der Waals surface area (Å²) in [5.74, 6) is 0.973. The molecule has 0 aliphatic carbocycles. The van der Waals surface area contributed by atoms with Gasteiger partial charge in [-0.3, -0.25) is 4.90 Å². The van der Waals surface area contributed by atoms with Crippen LogP contribution in [-0.2, 0) is 6.54 Å². The van der Waals surface area contributed by atoms with Gasteiger partial charge in [0, 0.05) is 26.2 Å². The fourth-order valence-corrected chi connectivity index (χ4v) is 2.83. The quantitative estimate of drug-likeness (QED) is 0.944. The van der Waals surface area contributed by atoms with Gasteiger partial charge < -0.3 is 14.6 Å². The first-order valence-electron chi connectivity index (χ1n) is 8.07. The second-order valence-electron chi connectivity index (χ2n) is 5.92. The van der Waals surface area contributed by atoms with Gasteiger partial charge in [-0.1, -0.05) is 30.3 Å². The van der Waals surface area contributed by atoms with Crippen LogP contribution < -0.4 is 5.32 Å². The molecule has 1 atom stereocenters. The maximum Gasteiger partial charge on any atom is 0.317 e. The Balaban J connectivity index is 1.46. The van der Waals surface area contributed by atoms with Gasteiger partial charge in [0.2, 0.25) is 0 Å². The van der Waals surface area contributed by atoms with Crippen molar-refractivity contribution < 1.29 is 9.21 Å². The van der Waals surface area contributed by atoms with E-state index in [0.717, 1.165) is 44.0 Å². The molecule has 1 aliphatic heterocycles. The molecule has 2 heterocycles.